The zero-order valence-corrected chi connectivity index (χ0v) is 19.4. The van der Waals surface area contributed by atoms with Crippen molar-refractivity contribution in [3.8, 4) is 0 Å². The number of benzene rings is 1. The third-order valence-electron chi connectivity index (χ3n) is 6.21. The zero-order chi connectivity index (χ0) is 22.7. The van der Waals surface area contributed by atoms with Gasteiger partial charge in [0, 0.05) is 54.9 Å². The Kier molecular flexibility index (Phi) is 6.91. The minimum Gasteiger partial charge on any atom is -0.401 e. The van der Waals surface area contributed by atoms with Crippen molar-refractivity contribution in [2.45, 2.75) is 44.7 Å². The molecule has 1 amide bonds. The normalized spacial score (nSPS) is 24.5. The van der Waals surface area contributed by atoms with Gasteiger partial charge in [-0.05, 0) is 43.4 Å². The van der Waals surface area contributed by atoms with Crippen LogP contribution in [0.5, 0.6) is 0 Å². The summed E-state index contributed by atoms with van der Waals surface area (Å²) in [6.45, 7) is 8.60. The number of piperazine rings is 1. The first-order chi connectivity index (χ1) is 15.4. The van der Waals surface area contributed by atoms with Crippen molar-refractivity contribution in [1.29, 1.82) is 0 Å². The highest BCUT2D eigenvalue weighted by atomic mass is 32.2. The lowest BCUT2D eigenvalue weighted by Crippen LogP contribution is -2.51. The molecule has 2 unspecified atom stereocenters. The number of fused-ring (bicyclic) bond motifs is 2. The van der Waals surface area contributed by atoms with Crippen LogP contribution in [0.1, 0.15) is 31.7 Å². The Morgan fingerprint density at radius 2 is 2.00 bits per heavy atom. The van der Waals surface area contributed by atoms with E-state index < -0.39 is 0 Å². The maximum absolute atomic E-state index is 12.6. The average Bonchev–Trinajstić information content (AvgIpc) is 3.29. The Hall–Kier alpha value is -2.71. The van der Waals surface area contributed by atoms with Crippen molar-refractivity contribution in [2.24, 2.45) is 16.5 Å². The second kappa shape index (κ2) is 9.83. The van der Waals surface area contributed by atoms with Crippen LogP contribution in [0.4, 0.5) is 5.69 Å². The monoisotopic (exact) mass is 452 g/mol. The second-order valence-electron chi connectivity index (χ2n) is 8.53. The quantitative estimate of drug-likeness (QED) is 0.506. The summed E-state index contributed by atoms with van der Waals surface area (Å²) in [6, 6.07) is 9.94. The number of hydrogen-bond donors (Lipinski definition) is 4. The van der Waals surface area contributed by atoms with Gasteiger partial charge in [-0.25, -0.2) is 4.99 Å². The predicted molar refractivity (Wildman–Crippen MR) is 133 cm³/mol. The van der Waals surface area contributed by atoms with Crippen LogP contribution in [-0.2, 0) is 11.2 Å². The lowest BCUT2D eigenvalue weighted by Gasteiger charge is -2.34. The first-order valence-corrected chi connectivity index (χ1v) is 12.0. The Bertz CT molecular complexity index is 969. The maximum Gasteiger partial charge on any atom is 0.260 e. The van der Waals surface area contributed by atoms with Crippen LogP contribution in [0.25, 0.3) is 0 Å². The topological polar surface area (TPSA) is 109 Å². The molecule has 2 atom stereocenters. The van der Waals surface area contributed by atoms with Crippen LogP contribution in [0.2, 0.25) is 0 Å². The first-order valence-electron chi connectivity index (χ1n) is 11.2. The molecule has 2 saturated heterocycles. The third kappa shape index (κ3) is 5.02. The lowest BCUT2D eigenvalue weighted by atomic mass is 10.1. The predicted octanol–water partition coefficient (Wildman–Crippen LogP) is 2.37. The number of hydrogen-bond acceptors (Lipinski definition) is 7. The largest absolute Gasteiger partial charge is 0.401 e. The number of aliphatic imine (C=N–C) groups is 1. The summed E-state index contributed by atoms with van der Waals surface area (Å²) in [7, 11) is 0. The average molecular weight is 453 g/mol. The Morgan fingerprint density at radius 1 is 1.31 bits per heavy atom. The molecule has 170 valence electrons. The standard InChI is InChI=1S/C24H32N6OS/c1-3-17(25)12-28-24-15(2)21(26)22(32-24)23(31)27-11-10-16-4-8-20(9-5-16)30-13-18-6-7-19(14-30)29-18/h4-5,8-9,12,18-19,29H,2-3,6-7,10-11,13-14,25-26H2,1H3,(H,27,31)/b17-12-,28-24?. The molecule has 1 aromatic carbocycles. The lowest BCUT2D eigenvalue weighted by molar-refractivity contribution is -0.116. The number of nitrogens with zero attached hydrogens (tertiary/aromatic N) is 2. The molecule has 7 nitrogen and oxygen atoms in total. The summed E-state index contributed by atoms with van der Waals surface area (Å²) in [6.07, 6.45) is 5.62. The summed E-state index contributed by atoms with van der Waals surface area (Å²) in [4.78, 5) is 19.9. The van der Waals surface area contributed by atoms with E-state index in [1.165, 1.54) is 35.9 Å². The van der Waals surface area contributed by atoms with Crippen molar-refractivity contribution < 1.29 is 4.79 Å². The number of rotatable bonds is 7. The summed E-state index contributed by atoms with van der Waals surface area (Å²) >= 11 is 1.24. The summed E-state index contributed by atoms with van der Waals surface area (Å²) in [5, 5.41) is 7.25. The fraction of sp³-hybridized carbons (Fsp3) is 0.417. The summed E-state index contributed by atoms with van der Waals surface area (Å²) < 4.78 is 0. The van der Waals surface area contributed by atoms with Gasteiger partial charge in [-0.3, -0.25) is 4.79 Å². The zero-order valence-electron chi connectivity index (χ0n) is 18.6. The molecule has 8 heteroatoms. The second-order valence-corrected chi connectivity index (χ2v) is 9.53. The van der Waals surface area contributed by atoms with E-state index >= 15 is 0 Å². The molecule has 3 heterocycles. The van der Waals surface area contributed by atoms with Gasteiger partial charge in [-0.15, -0.1) is 0 Å². The van der Waals surface area contributed by atoms with Gasteiger partial charge in [0.15, 0.2) is 0 Å². The van der Waals surface area contributed by atoms with Gasteiger partial charge in [0.05, 0.1) is 5.70 Å². The van der Waals surface area contributed by atoms with Gasteiger partial charge < -0.3 is 27.0 Å². The van der Waals surface area contributed by atoms with E-state index in [4.69, 9.17) is 11.5 Å². The molecular weight excluding hydrogens is 420 g/mol. The first kappa shape index (κ1) is 22.5. The van der Waals surface area contributed by atoms with Gasteiger partial charge in [0.2, 0.25) is 0 Å². The molecule has 0 radical (unpaired) electrons. The van der Waals surface area contributed by atoms with E-state index in [1.807, 2.05) is 6.92 Å². The molecule has 3 aliphatic rings. The Morgan fingerprint density at radius 3 is 2.66 bits per heavy atom. The van der Waals surface area contributed by atoms with Gasteiger partial charge >= 0.3 is 0 Å². The molecule has 0 saturated carbocycles. The van der Waals surface area contributed by atoms with Crippen LogP contribution in [0, 0.1) is 0 Å². The van der Waals surface area contributed by atoms with E-state index in [1.54, 1.807) is 6.20 Å². The minimum absolute atomic E-state index is 0.195. The molecule has 32 heavy (non-hydrogen) atoms. The van der Waals surface area contributed by atoms with E-state index in [9.17, 15) is 4.79 Å². The molecular formula is C24H32N6OS. The smallest absolute Gasteiger partial charge is 0.260 e. The van der Waals surface area contributed by atoms with Gasteiger partial charge in [-0.2, -0.15) is 0 Å². The highest BCUT2D eigenvalue weighted by Crippen LogP contribution is 2.35. The minimum atomic E-state index is -0.195. The molecule has 0 spiro atoms. The molecule has 2 bridgehead atoms. The molecule has 2 fully saturated rings. The van der Waals surface area contributed by atoms with Crippen molar-refractivity contribution >= 4 is 28.4 Å². The SMILES string of the molecule is C=C1C(=N/C=C(\N)CC)SC(C(=O)NCCc2ccc(N3CC4CCC(C3)N4)cc2)=C1N. The van der Waals surface area contributed by atoms with Gasteiger partial charge in [0.25, 0.3) is 5.91 Å². The summed E-state index contributed by atoms with van der Waals surface area (Å²) in [5.41, 5.74) is 16.0. The van der Waals surface area contributed by atoms with Crippen molar-refractivity contribution in [1.82, 2.24) is 10.6 Å². The number of nitrogens with one attached hydrogen (secondary N) is 2. The summed E-state index contributed by atoms with van der Waals surface area (Å²) in [5.74, 6) is -0.195. The number of anilines is 1. The fourth-order valence-corrected chi connectivity index (χ4v) is 5.18. The van der Waals surface area contributed by atoms with Gasteiger partial charge in [0.1, 0.15) is 9.95 Å². The highest BCUT2D eigenvalue weighted by molar-refractivity contribution is 8.19. The molecule has 4 rings (SSSR count). The number of carbonyl (C=O) groups excluding carboxylic acids is 1. The van der Waals surface area contributed by atoms with E-state index in [0.717, 1.165) is 19.5 Å². The molecule has 3 aliphatic heterocycles. The number of thioether (sulfide) groups is 1. The Balaban J connectivity index is 1.28. The number of amides is 1. The maximum atomic E-state index is 12.6. The van der Waals surface area contributed by atoms with E-state index in [2.05, 4.69) is 51.4 Å². The van der Waals surface area contributed by atoms with E-state index in [0.29, 0.717) is 52.0 Å². The fourth-order valence-electron chi connectivity index (χ4n) is 4.25. The number of nitrogens with two attached hydrogens (primary N) is 2. The van der Waals surface area contributed by atoms with E-state index in [-0.39, 0.29) is 5.91 Å². The Labute approximate surface area is 194 Å². The van der Waals surface area contributed by atoms with Crippen LogP contribution in [0.3, 0.4) is 0 Å². The van der Waals surface area contributed by atoms with Crippen molar-refractivity contribution in [3.05, 3.63) is 64.5 Å². The van der Waals surface area contributed by atoms with Crippen LogP contribution in [0.15, 0.2) is 63.9 Å². The highest BCUT2D eigenvalue weighted by Gasteiger charge is 2.32. The molecule has 0 aliphatic carbocycles. The van der Waals surface area contributed by atoms with Crippen LogP contribution >= 0.6 is 11.8 Å². The molecule has 1 aromatic rings. The number of carbonyl (C=O) groups is 1. The number of allylic oxidation sites excluding steroid dienone is 2. The van der Waals surface area contributed by atoms with Crippen molar-refractivity contribution in [3.63, 3.8) is 0 Å². The van der Waals surface area contributed by atoms with Crippen molar-refractivity contribution in [2.75, 3.05) is 24.5 Å². The molecule has 6 N–H and O–H groups in total. The van der Waals surface area contributed by atoms with Crippen LogP contribution in [-0.4, -0.2) is 42.7 Å². The van der Waals surface area contributed by atoms with Gasteiger partial charge in [-0.1, -0.05) is 37.4 Å². The van der Waals surface area contributed by atoms with Crippen LogP contribution < -0.4 is 27.0 Å². The third-order valence-corrected chi connectivity index (χ3v) is 7.36. The molecule has 0 aromatic heterocycles.